The maximum absolute atomic E-state index is 5.51. The molecule has 1 rings (SSSR count). The van der Waals surface area contributed by atoms with Crippen LogP contribution in [0.5, 0.6) is 0 Å². The number of hydrogen-bond acceptors (Lipinski definition) is 2. The van der Waals surface area contributed by atoms with Crippen molar-refractivity contribution in [1.82, 2.24) is 9.78 Å². The molecule has 0 aliphatic rings. The van der Waals surface area contributed by atoms with Crippen LogP contribution in [0, 0.1) is 0 Å². The standard InChI is InChI=1S/C11H21N3/c1-4-14-8-10(6-5-7-12)11(13-14)9(2)3/h8-9H,4-7,12H2,1-3H3. The van der Waals surface area contributed by atoms with Crippen LogP contribution in [0.25, 0.3) is 0 Å². The molecule has 0 aliphatic heterocycles. The van der Waals surface area contributed by atoms with Crippen LogP contribution in [-0.4, -0.2) is 16.3 Å². The van der Waals surface area contributed by atoms with E-state index in [-0.39, 0.29) is 0 Å². The molecular weight excluding hydrogens is 174 g/mol. The van der Waals surface area contributed by atoms with Crippen molar-refractivity contribution in [2.24, 2.45) is 5.73 Å². The first-order valence-electron chi connectivity index (χ1n) is 5.45. The van der Waals surface area contributed by atoms with Crippen LogP contribution in [0.4, 0.5) is 0 Å². The molecule has 0 aliphatic carbocycles. The first-order chi connectivity index (χ1) is 6.69. The summed E-state index contributed by atoms with van der Waals surface area (Å²) in [6.45, 7) is 8.20. The van der Waals surface area contributed by atoms with E-state index in [2.05, 4.69) is 32.1 Å². The lowest BCUT2D eigenvalue weighted by Gasteiger charge is -2.03. The highest BCUT2D eigenvalue weighted by molar-refractivity contribution is 5.20. The van der Waals surface area contributed by atoms with Gasteiger partial charge >= 0.3 is 0 Å². The molecule has 0 fully saturated rings. The first-order valence-corrected chi connectivity index (χ1v) is 5.45. The van der Waals surface area contributed by atoms with Gasteiger partial charge in [-0.2, -0.15) is 5.10 Å². The maximum Gasteiger partial charge on any atom is 0.0681 e. The minimum atomic E-state index is 0.510. The molecule has 2 N–H and O–H groups in total. The van der Waals surface area contributed by atoms with Gasteiger partial charge in [0.15, 0.2) is 0 Å². The molecule has 0 saturated carbocycles. The van der Waals surface area contributed by atoms with Gasteiger partial charge < -0.3 is 5.73 Å². The highest BCUT2D eigenvalue weighted by atomic mass is 15.3. The zero-order chi connectivity index (χ0) is 10.6. The Morgan fingerprint density at radius 1 is 1.50 bits per heavy atom. The second kappa shape index (κ2) is 5.15. The monoisotopic (exact) mass is 195 g/mol. The summed E-state index contributed by atoms with van der Waals surface area (Å²) in [5.74, 6) is 0.510. The van der Waals surface area contributed by atoms with E-state index in [0.29, 0.717) is 5.92 Å². The maximum atomic E-state index is 5.51. The fraction of sp³-hybridized carbons (Fsp3) is 0.727. The summed E-state index contributed by atoms with van der Waals surface area (Å²) in [5, 5.41) is 4.56. The van der Waals surface area contributed by atoms with Crippen molar-refractivity contribution < 1.29 is 0 Å². The Morgan fingerprint density at radius 2 is 2.21 bits per heavy atom. The van der Waals surface area contributed by atoms with Gasteiger partial charge in [-0.25, -0.2) is 0 Å². The van der Waals surface area contributed by atoms with Gasteiger partial charge in [-0.3, -0.25) is 4.68 Å². The van der Waals surface area contributed by atoms with Crippen LogP contribution >= 0.6 is 0 Å². The van der Waals surface area contributed by atoms with Crippen LogP contribution in [0.3, 0.4) is 0 Å². The van der Waals surface area contributed by atoms with E-state index in [9.17, 15) is 0 Å². The molecule has 1 heterocycles. The number of rotatable bonds is 5. The van der Waals surface area contributed by atoms with Crippen molar-refractivity contribution >= 4 is 0 Å². The van der Waals surface area contributed by atoms with E-state index < -0.39 is 0 Å². The number of aromatic nitrogens is 2. The average molecular weight is 195 g/mol. The summed E-state index contributed by atoms with van der Waals surface area (Å²) in [6, 6.07) is 0. The predicted octanol–water partition coefficient (Wildman–Crippen LogP) is 1.92. The molecule has 14 heavy (non-hydrogen) atoms. The van der Waals surface area contributed by atoms with E-state index in [1.165, 1.54) is 11.3 Å². The molecule has 0 radical (unpaired) electrons. The fourth-order valence-electron chi connectivity index (χ4n) is 1.61. The van der Waals surface area contributed by atoms with E-state index in [0.717, 1.165) is 25.9 Å². The highest BCUT2D eigenvalue weighted by Gasteiger charge is 2.10. The van der Waals surface area contributed by atoms with Gasteiger partial charge in [0.05, 0.1) is 5.69 Å². The molecular formula is C11H21N3. The van der Waals surface area contributed by atoms with Crippen molar-refractivity contribution in [1.29, 1.82) is 0 Å². The summed E-state index contributed by atoms with van der Waals surface area (Å²) in [4.78, 5) is 0. The third-order valence-electron chi connectivity index (χ3n) is 2.39. The van der Waals surface area contributed by atoms with Crippen molar-refractivity contribution in [2.45, 2.75) is 46.1 Å². The third kappa shape index (κ3) is 2.58. The largest absolute Gasteiger partial charge is 0.330 e. The molecule has 0 unspecified atom stereocenters. The Hall–Kier alpha value is -0.830. The summed E-state index contributed by atoms with van der Waals surface area (Å²) < 4.78 is 2.02. The topological polar surface area (TPSA) is 43.8 Å². The Morgan fingerprint density at radius 3 is 2.71 bits per heavy atom. The number of nitrogens with zero attached hydrogens (tertiary/aromatic N) is 2. The predicted molar refractivity (Wildman–Crippen MR) is 59.4 cm³/mol. The van der Waals surface area contributed by atoms with Gasteiger partial charge in [0.2, 0.25) is 0 Å². The quantitative estimate of drug-likeness (QED) is 0.780. The first kappa shape index (κ1) is 11.2. The summed E-state index contributed by atoms with van der Waals surface area (Å²) in [7, 11) is 0. The zero-order valence-electron chi connectivity index (χ0n) is 9.45. The lowest BCUT2D eigenvalue weighted by atomic mass is 10.0. The number of nitrogens with two attached hydrogens (primary N) is 1. The Balaban J connectivity index is 2.82. The van der Waals surface area contributed by atoms with Crippen molar-refractivity contribution in [2.75, 3.05) is 6.54 Å². The molecule has 80 valence electrons. The minimum absolute atomic E-state index is 0.510. The minimum Gasteiger partial charge on any atom is -0.330 e. The number of hydrogen-bond donors (Lipinski definition) is 1. The Kier molecular flexibility index (Phi) is 4.14. The van der Waals surface area contributed by atoms with Gasteiger partial charge in [0.1, 0.15) is 0 Å². The zero-order valence-corrected chi connectivity index (χ0v) is 9.45. The van der Waals surface area contributed by atoms with Gasteiger partial charge in [0, 0.05) is 12.7 Å². The van der Waals surface area contributed by atoms with Gasteiger partial charge in [-0.15, -0.1) is 0 Å². The molecule has 3 heteroatoms. The van der Waals surface area contributed by atoms with Crippen LogP contribution in [0.2, 0.25) is 0 Å². The normalized spacial score (nSPS) is 11.2. The van der Waals surface area contributed by atoms with E-state index >= 15 is 0 Å². The number of aryl methyl sites for hydroxylation is 2. The van der Waals surface area contributed by atoms with Crippen LogP contribution in [-0.2, 0) is 13.0 Å². The van der Waals surface area contributed by atoms with Crippen LogP contribution in [0.15, 0.2) is 6.20 Å². The van der Waals surface area contributed by atoms with Gasteiger partial charge in [-0.1, -0.05) is 13.8 Å². The smallest absolute Gasteiger partial charge is 0.0681 e. The molecule has 1 aromatic heterocycles. The summed E-state index contributed by atoms with van der Waals surface area (Å²) in [5.41, 5.74) is 8.12. The highest BCUT2D eigenvalue weighted by Crippen LogP contribution is 2.18. The van der Waals surface area contributed by atoms with Crippen molar-refractivity contribution in [3.05, 3.63) is 17.5 Å². The second-order valence-electron chi connectivity index (χ2n) is 3.94. The Bertz CT molecular complexity index is 276. The molecule has 3 nitrogen and oxygen atoms in total. The second-order valence-corrected chi connectivity index (χ2v) is 3.94. The molecule has 0 spiro atoms. The molecule has 0 aromatic carbocycles. The van der Waals surface area contributed by atoms with Crippen molar-refractivity contribution in [3.8, 4) is 0 Å². The van der Waals surface area contributed by atoms with E-state index in [1.54, 1.807) is 0 Å². The Labute approximate surface area is 86.3 Å². The van der Waals surface area contributed by atoms with Crippen LogP contribution in [0.1, 0.15) is 44.4 Å². The van der Waals surface area contributed by atoms with E-state index in [1.807, 2.05) is 4.68 Å². The lowest BCUT2D eigenvalue weighted by molar-refractivity contribution is 0.635. The third-order valence-corrected chi connectivity index (χ3v) is 2.39. The summed E-state index contributed by atoms with van der Waals surface area (Å²) in [6.07, 6.45) is 4.27. The molecule has 0 atom stereocenters. The molecule has 1 aromatic rings. The lowest BCUT2D eigenvalue weighted by Crippen LogP contribution is -2.02. The van der Waals surface area contributed by atoms with E-state index in [4.69, 9.17) is 5.73 Å². The van der Waals surface area contributed by atoms with Crippen LogP contribution < -0.4 is 5.73 Å². The molecule has 0 amide bonds. The van der Waals surface area contributed by atoms with Gasteiger partial charge in [-0.05, 0) is 37.8 Å². The van der Waals surface area contributed by atoms with Crippen molar-refractivity contribution in [3.63, 3.8) is 0 Å². The SMILES string of the molecule is CCn1cc(CCCN)c(C(C)C)n1. The fourth-order valence-corrected chi connectivity index (χ4v) is 1.61. The molecule has 0 saturated heterocycles. The molecule has 0 bridgehead atoms. The summed E-state index contributed by atoms with van der Waals surface area (Å²) >= 11 is 0. The van der Waals surface area contributed by atoms with Gasteiger partial charge in [0.25, 0.3) is 0 Å². The average Bonchev–Trinajstić information content (AvgIpc) is 2.58.